The first-order chi connectivity index (χ1) is 17.1. The first-order valence-corrected chi connectivity index (χ1v) is 13.4. The van der Waals surface area contributed by atoms with E-state index in [1.54, 1.807) is 20.8 Å². The maximum absolute atomic E-state index is 13.9. The summed E-state index contributed by atoms with van der Waals surface area (Å²) in [5.41, 5.74) is 1.37. The fourth-order valence-electron chi connectivity index (χ4n) is 4.11. The fourth-order valence-corrected chi connectivity index (χ4v) is 4.11. The molecule has 0 saturated carbocycles. The van der Waals surface area contributed by atoms with Crippen molar-refractivity contribution in [2.75, 3.05) is 13.2 Å². The quantitative estimate of drug-likeness (QED) is 0.339. The molecular weight excluding hydrogens is 470 g/mol. The molecule has 1 aromatic rings. The highest BCUT2D eigenvalue weighted by Crippen LogP contribution is 2.28. The molecule has 2 atom stereocenters. The summed E-state index contributed by atoms with van der Waals surface area (Å²) < 4.78 is 5.30. The monoisotopic (exact) mass is 519 g/mol. The summed E-state index contributed by atoms with van der Waals surface area (Å²) >= 11 is 0. The first kappa shape index (κ1) is 32.4. The second kappa shape index (κ2) is 14.4. The summed E-state index contributed by atoms with van der Waals surface area (Å²) in [6.45, 7) is 16.6. The van der Waals surface area contributed by atoms with E-state index in [1.807, 2.05) is 52.8 Å². The average molecular weight is 520 g/mol. The molecule has 2 unspecified atom stereocenters. The van der Waals surface area contributed by atoms with Crippen molar-refractivity contribution in [2.24, 2.45) is 0 Å². The summed E-state index contributed by atoms with van der Waals surface area (Å²) in [6.07, 6.45) is 4.01. The highest BCUT2D eigenvalue weighted by molar-refractivity contribution is 5.92. The molecule has 0 spiro atoms. The maximum Gasteiger partial charge on any atom is 0.408 e. The summed E-state index contributed by atoms with van der Waals surface area (Å²) in [5.74, 6) is -0.840. The van der Waals surface area contributed by atoms with Crippen LogP contribution in [0.2, 0.25) is 0 Å². The molecule has 0 aromatic heterocycles. The molecule has 0 radical (unpaired) electrons. The van der Waals surface area contributed by atoms with Gasteiger partial charge in [0.1, 0.15) is 17.7 Å². The van der Waals surface area contributed by atoms with Crippen LogP contribution in [-0.2, 0) is 14.3 Å². The largest absolute Gasteiger partial charge is 0.444 e. The van der Waals surface area contributed by atoms with Crippen molar-refractivity contribution < 1.29 is 24.2 Å². The van der Waals surface area contributed by atoms with Gasteiger partial charge in [-0.2, -0.15) is 0 Å². The highest BCUT2D eigenvalue weighted by atomic mass is 16.6. The molecule has 210 valence electrons. The van der Waals surface area contributed by atoms with Crippen LogP contribution < -0.4 is 10.6 Å². The van der Waals surface area contributed by atoms with Crippen molar-refractivity contribution in [3.63, 3.8) is 0 Å². The molecule has 37 heavy (non-hydrogen) atoms. The van der Waals surface area contributed by atoms with E-state index in [-0.39, 0.29) is 5.91 Å². The van der Waals surface area contributed by atoms with Crippen LogP contribution in [0.3, 0.4) is 0 Å². The van der Waals surface area contributed by atoms with Crippen LogP contribution in [0.1, 0.15) is 103 Å². The lowest BCUT2D eigenvalue weighted by molar-refractivity contribution is -0.144. The number of amides is 3. The highest BCUT2D eigenvalue weighted by Gasteiger charge is 2.37. The Morgan fingerprint density at radius 2 is 1.62 bits per heavy atom. The number of unbranched alkanes of at least 4 members (excludes halogenated alkanes) is 4. The van der Waals surface area contributed by atoms with Gasteiger partial charge in [0, 0.05) is 12.1 Å². The van der Waals surface area contributed by atoms with Gasteiger partial charge >= 0.3 is 6.09 Å². The number of benzene rings is 1. The average Bonchev–Trinajstić information content (AvgIpc) is 2.74. The molecule has 0 aliphatic carbocycles. The number of carbonyl (C=O) groups excluding carboxylic acids is 3. The maximum atomic E-state index is 13.9. The molecule has 0 aliphatic heterocycles. The van der Waals surface area contributed by atoms with E-state index in [0.29, 0.717) is 18.5 Å². The van der Waals surface area contributed by atoms with Crippen molar-refractivity contribution in [1.29, 1.82) is 0 Å². The lowest BCUT2D eigenvalue weighted by Crippen LogP contribution is -2.56. The minimum Gasteiger partial charge on any atom is -0.444 e. The zero-order valence-electron chi connectivity index (χ0n) is 24.4. The normalized spacial score (nSPS) is 13.5. The van der Waals surface area contributed by atoms with E-state index in [1.165, 1.54) is 4.90 Å². The zero-order valence-corrected chi connectivity index (χ0v) is 24.4. The van der Waals surface area contributed by atoms with Gasteiger partial charge in [0.2, 0.25) is 11.8 Å². The topological polar surface area (TPSA) is 108 Å². The lowest BCUT2D eigenvalue weighted by atomic mass is 9.95. The van der Waals surface area contributed by atoms with Gasteiger partial charge in [-0.05, 0) is 72.9 Å². The molecular formula is C29H49N3O5. The summed E-state index contributed by atoms with van der Waals surface area (Å²) in [5, 5.41) is 15.6. The number of rotatable bonds is 12. The Labute approximate surface area is 223 Å². The van der Waals surface area contributed by atoms with Gasteiger partial charge < -0.3 is 25.4 Å². The molecule has 8 heteroatoms. The zero-order chi connectivity index (χ0) is 28.4. The molecule has 0 bridgehead atoms. The second-order valence-corrected chi connectivity index (χ2v) is 11.8. The number of nitrogens with zero attached hydrogens (tertiary/aromatic N) is 1. The molecule has 0 saturated heterocycles. The third-order valence-corrected chi connectivity index (χ3v) is 5.74. The van der Waals surface area contributed by atoms with Crippen molar-refractivity contribution in [3.05, 3.63) is 34.9 Å². The molecule has 3 N–H and O–H groups in total. The minimum atomic E-state index is -1.25. The Balaban J connectivity index is 3.47. The molecule has 0 heterocycles. The number of hydrogen-bond donors (Lipinski definition) is 3. The first-order valence-electron chi connectivity index (χ1n) is 13.4. The number of carbonyl (C=O) groups is 3. The summed E-state index contributed by atoms with van der Waals surface area (Å²) in [6, 6.07) is 3.61. The van der Waals surface area contributed by atoms with Gasteiger partial charge in [0.05, 0.1) is 6.61 Å². The van der Waals surface area contributed by atoms with Crippen LogP contribution in [0.4, 0.5) is 4.79 Å². The number of aliphatic hydroxyl groups is 1. The Morgan fingerprint density at radius 1 is 1.00 bits per heavy atom. The fraction of sp³-hybridized carbons (Fsp3) is 0.690. The Morgan fingerprint density at radius 3 is 2.14 bits per heavy atom. The van der Waals surface area contributed by atoms with E-state index in [4.69, 9.17) is 4.74 Å². The van der Waals surface area contributed by atoms with Gasteiger partial charge in [-0.25, -0.2) is 4.79 Å². The van der Waals surface area contributed by atoms with Gasteiger partial charge in [-0.15, -0.1) is 0 Å². The third kappa shape index (κ3) is 11.5. The number of nitrogens with one attached hydrogen (secondary N) is 2. The van der Waals surface area contributed by atoms with Crippen molar-refractivity contribution in [2.45, 2.75) is 118 Å². The molecule has 8 nitrogen and oxygen atoms in total. The van der Waals surface area contributed by atoms with Crippen LogP contribution >= 0.6 is 0 Å². The van der Waals surface area contributed by atoms with Crippen molar-refractivity contribution >= 4 is 17.9 Å². The van der Waals surface area contributed by atoms with Crippen LogP contribution in [-0.4, -0.2) is 58.2 Å². The summed E-state index contributed by atoms with van der Waals surface area (Å²) in [4.78, 5) is 41.5. The second-order valence-electron chi connectivity index (χ2n) is 11.8. The van der Waals surface area contributed by atoms with E-state index >= 15 is 0 Å². The summed E-state index contributed by atoms with van der Waals surface area (Å²) in [7, 11) is 0. The third-order valence-electron chi connectivity index (χ3n) is 5.74. The van der Waals surface area contributed by atoms with E-state index in [2.05, 4.69) is 17.6 Å². The van der Waals surface area contributed by atoms with Crippen LogP contribution in [0.5, 0.6) is 0 Å². The number of aliphatic hydroxyl groups excluding tert-OH is 1. The van der Waals surface area contributed by atoms with Crippen LogP contribution in [0.15, 0.2) is 18.2 Å². The van der Waals surface area contributed by atoms with Gasteiger partial charge in [0.25, 0.3) is 0 Å². The van der Waals surface area contributed by atoms with Gasteiger partial charge in [-0.1, -0.05) is 56.4 Å². The van der Waals surface area contributed by atoms with Crippen molar-refractivity contribution in [1.82, 2.24) is 15.5 Å². The minimum absolute atomic E-state index is 0.310. The van der Waals surface area contributed by atoms with Gasteiger partial charge in [-0.3, -0.25) is 9.59 Å². The molecule has 0 aliphatic rings. The molecule has 1 rings (SSSR count). The molecule has 3 amide bonds. The molecule has 1 aromatic carbocycles. The standard InChI is InChI=1S/C29H49N3O5/c1-10-11-12-13-14-17-32(26(35)23(19-33)30-27(36)37-29(7,8)9)24(25(34)31-28(4,5)6)22-16-15-20(2)18-21(22)3/h15-16,18,23-24,33H,10-14,17,19H2,1-9H3,(H,30,36)(H,31,34). The van der Waals surface area contributed by atoms with E-state index in [9.17, 15) is 19.5 Å². The van der Waals surface area contributed by atoms with Crippen molar-refractivity contribution in [3.8, 4) is 0 Å². The smallest absolute Gasteiger partial charge is 0.408 e. The SMILES string of the molecule is CCCCCCCN(C(=O)C(CO)NC(=O)OC(C)(C)C)C(C(=O)NC(C)(C)C)c1ccc(C)cc1C. The Kier molecular flexibility index (Phi) is 12.6. The number of aryl methyl sites for hydroxylation is 2. The van der Waals surface area contributed by atoms with E-state index < -0.39 is 41.8 Å². The predicted octanol–water partition coefficient (Wildman–Crippen LogP) is 4.94. The van der Waals surface area contributed by atoms with Crippen LogP contribution in [0, 0.1) is 13.8 Å². The molecule has 0 fully saturated rings. The van der Waals surface area contributed by atoms with Gasteiger partial charge in [0.15, 0.2) is 0 Å². The Bertz CT molecular complexity index is 902. The number of hydrogen-bond acceptors (Lipinski definition) is 5. The number of alkyl carbamates (subject to hydrolysis) is 1. The van der Waals surface area contributed by atoms with Crippen LogP contribution in [0.25, 0.3) is 0 Å². The lowest BCUT2D eigenvalue weighted by Gasteiger charge is -2.36. The Hall–Kier alpha value is -2.61. The van der Waals surface area contributed by atoms with E-state index in [0.717, 1.165) is 36.8 Å². The predicted molar refractivity (Wildman–Crippen MR) is 147 cm³/mol. The number of ether oxygens (including phenoxy) is 1.